The average molecular weight is 402 g/mol. The molecule has 1 amide bonds. The van der Waals surface area contributed by atoms with Crippen LogP contribution in [0.5, 0.6) is 0 Å². The van der Waals surface area contributed by atoms with Crippen LogP contribution in [0.3, 0.4) is 0 Å². The van der Waals surface area contributed by atoms with Crippen molar-refractivity contribution < 1.29 is 37.0 Å². The fourth-order valence-electron chi connectivity index (χ4n) is 3.18. The molecular weight excluding hydrogens is 381 g/mol. The highest BCUT2D eigenvalue weighted by atomic mass is 19.4. The zero-order chi connectivity index (χ0) is 20.9. The van der Waals surface area contributed by atoms with Crippen molar-refractivity contribution in [1.82, 2.24) is 9.88 Å². The minimum Gasteiger partial charge on any atom is -0.466 e. The molecule has 10 heteroatoms. The quantitative estimate of drug-likeness (QED) is 0.556. The number of ketones is 1. The van der Waals surface area contributed by atoms with Gasteiger partial charge in [0.2, 0.25) is 0 Å². The Hall–Kier alpha value is -2.65. The van der Waals surface area contributed by atoms with E-state index in [-0.39, 0.29) is 31.8 Å². The van der Waals surface area contributed by atoms with Gasteiger partial charge in [-0.25, -0.2) is 4.79 Å². The van der Waals surface area contributed by atoms with Gasteiger partial charge < -0.3 is 14.4 Å². The summed E-state index contributed by atoms with van der Waals surface area (Å²) in [5.74, 6) is -1.49. The number of pyridine rings is 1. The number of amides is 1. The first-order chi connectivity index (χ1) is 13.2. The second-order valence-corrected chi connectivity index (χ2v) is 6.32. The largest absolute Gasteiger partial charge is 0.466 e. The molecule has 1 fully saturated rings. The van der Waals surface area contributed by atoms with Crippen LogP contribution in [0.1, 0.15) is 43.5 Å². The molecule has 1 aliphatic heterocycles. The number of carbonyl (C=O) groups is 3. The molecule has 2 unspecified atom stereocenters. The monoisotopic (exact) mass is 402 g/mol. The van der Waals surface area contributed by atoms with Gasteiger partial charge >= 0.3 is 18.2 Å². The molecule has 0 saturated carbocycles. The van der Waals surface area contributed by atoms with Gasteiger partial charge in [-0.3, -0.25) is 14.6 Å². The third kappa shape index (κ3) is 5.20. The number of esters is 1. The molecule has 1 aliphatic rings. The van der Waals surface area contributed by atoms with Crippen molar-refractivity contribution in [2.75, 3.05) is 20.3 Å². The SMILES string of the molecule is CCOC(=O)CC(=O)C1CCN(C(=O)OC)C(c2ccc(C(F)(F)F)nc2)C1. The summed E-state index contributed by atoms with van der Waals surface area (Å²) in [6, 6.07) is 1.37. The fraction of sp³-hybridized carbons (Fsp3) is 0.556. The Morgan fingerprint density at radius 1 is 1.29 bits per heavy atom. The Morgan fingerprint density at radius 2 is 2.00 bits per heavy atom. The number of aromatic nitrogens is 1. The molecule has 2 heterocycles. The van der Waals surface area contributed by atoms with Crippen molar-refractivity contribution in [2.45, 2.75) is 38.4 Å². The summed E-state index contributed by atoms with van der Waals surface area (Å²) >= 11 is 0. The highest BCUT2D eigenvalue weighted by molar-refractivity contribution is 5.96. The van der Waals surface area contributed by atoms with Gasteiger partial charge in [0.25, 0.3) is 0 Å². The minimum absolute atomic E-state index is 0.153. The Morgan fingerprint density at radius 3 is 2.54 bits per heavy atom. The van der Waals surface area contributed by atoms with Crippen molar-refractivity contribution in [1.29, 1.82) is 0 Å². The molecule has 0 radical (unpaired) electrons. The Bertz CT molecular complexity index is 721. The normalized spacial score (nSPS) is 19.8. The number of nitrogens with zero attached hydrogens (tertiary/aromatic N) is 2. The van der Waals surface area contributed by atoms with Gasteiger partial charge in [-0.2, -0.15) is 13.2 Å². The number of alkyl halides is 3. The molecule has 1 aromatic rings. The molecule has 28 heavy (non-hydrogen) atoms. The number of hydrogen-bond donors (Lipinski definition) is 0. The number of hydrogen-bond acceptors (Lipinski definition) is 6. The van der Waals surface area contributed by atoms with E-state index in [4.69, 9.17) is 9.47 Å². The molecule has 154 valence electrons. The second-order valence-electron chi connectivity index (χ2n) is 6.32. The molecule has 2 rings (SSSR count). The van der Waals surface area contributed by atoms with Crippen molar-refractivity contribution in [3.63, 3.8) is 0 Å². The van der Waals surface area contributed by atoms with Crippen LogP contribution in [0.25, 0.3) is 0 Å². The molecule has 0 aromatic carbocycles. The summed E-state index contributed by atoms with van der Waals surface area (Å²) < 4.78 is 47.7. The van der Waals surface area contributed by atoms with Gasteiger partial charge in [0.1, 0.15) is 17.9 Å². The zero-order valence-corrected chi connectivity index (χ0v) is 15.5. The third-order valence-electron chi connectivity index (χ3n) is 4.55. The standard InChI is InChI=1S/C18H21F3N2O5/c1-3-28-16(25)9-14(24)11-6-7-23(17(26)27-2)13(8-11)12-4-5-15(22-10-12)18(19,20)21/h4-5,10-11,13H,3,6-9H2,1-2H3. The predicted octanol–water partition coefficient (Wildman–Crippen LogP) is 3.14. The van der Waals surface area contributed by atoms with E-state index in [1.807, 2.05) is 0 Å². The summed E-state index contributed by atoms with van der Waals surface area (Å²) in [6.07, 6.45) is -4.10. The maximum absolute atomic E-state index is 12.7. The van der Waals surface area contributed by atoms with Gasteiger partial charge in [-0.15, -0.1) is 0 Å². The van der Waals surface area contributed by atoms with Crippen LogP contribution < -0.4 is 0 Å². The van der Waals surface area contributed by atoms with Gasteiger partial charge in [0, 0.05) is 18.7 Å². The Balaban J connectivity index is 2.21. The minimum atomic E-state index is -4.58. The van der Waals surface area contributed by atoms with Gasteiger partial charge in [-0.1, -0.05) is 6.07 Å². The van der Waals surface area contributed by atoms with Crippen molar-refractivity contribution >= 4 is 17.8 Å². The van der Waals surface area contributed by atoms with Crippen molar-refractivity contribution in [3.05, 3.63) is 29.6 Å². The number of carbonyl (C=O) groups excluding carboxylic acids is 3. The molecule has 0 bridgehead atoms. The number of Topliss-reactive ketones (excluding diaryl/α,β-unsaturated/α-hetero) is 1. The van der Waals surface area contributed by atoms with E-state index < -0.39 is 35.9 Å². The lowest BCUT2D eigenvalue weighted by Crippen LogP contribution is -2.43. The predicted molar refractivity (Wildman–Crippen MR) is 90.1 cm³/mol. The maximum atomic E-state index is 12.7. The van der Waals surface area contributed by atoms with Crippen LogP contribution in [-0.4, -0.2) is 48.0 Å². The molecule has 2 atom stereocenters. The summed E-state index contributed by atoms with van der Waals surface area (Å²) in [5.41, 5.74) is -0.696. The topological polar surface area (TPSA) is 85.8 Å². The lowest BCUT2D eigenvalue weighted by Gasteiger charge is -2.38. The number of methoxy groups -OCH3 is 1. The number of piperidine rings is 1. The van der Waals surface area contributed by atoms with E-state index in [2.05, 4.69) is 4.98 Å². The first-order valence-electron chi connectivity index (χ1n) is 8.73. The summed E-state index contributed by atoms with van der Waals surface area (Å²) in [7, 11) is 1.20. The highest BCUT2D eigenvalue weighted by Gasteiger charge is 2.38. The zero-order valence-electron chi connectivity index (χ0n) is 15.5. The van der Waals surface area contributed by atoms with Gasteiger partial charge in [0.15, 0.2) is 0 Å². The van der Waals surface area contributed by atoms with Crippen molar-refractivity contribution in [2.24, 2.45) is 5.92 Å². The van der Waals surface area contributed by atoms with Crippen molar-refractivity contribution in [3.8, 4) is 0 Å². The average Bonchev–Trinajstić information content (AvgIpc) is 2.66. The van der Waals surface area contributed by atoms with E-state index in [9.17, 15) is 27.6 Å². The van der Waals surface area contributed by atoms with E-state index >= 15 is 0 Å². The summed E-state index contributed by atoms with van der Waals surface area (Å²) in [4.78, 5) is 40.8. The van der Waals surface area contributed by atoms with Crippen LogP contribution in [0.2, 0.25) is 0 Å². The molecule has 0 N–H and O–H groups in total. The summed E-state index contributed by atoms with van der Waals surface area (Å²) in [6.45, 7) is 1.95. The Labute approximate surface area is 159 Å². The Kier molecular flexibility index (Phi) is 6.98. The number of likely N-dealkylation sites (tertiary alicyclic amines) is 1. The van der Waals surface area contributed by atoms with E-state index in [1.165, 1.54) is 18.1 Å². The first-order valence-corrected chi connectivity index (χ1v) is 8.73. The van der Waals surface area contributed by atoms with Crippen LogP contribution in [-0.2, 0) is 25.2 Å². The summed E-state index contributed by atoms with van der Waals surface area (Å²) in [5, 5.41) is 0. The number of ether oxygens (including phenoxy) is 2. The first kappa shape index (κ1) is 21.6. The fourth-order valence-corrected chi connectivity index (χ4v) is 3.18. The lowest BCUT2D eigenvalue weighted by atomic mass is 9.84. The van der Waals surface area contributed by atoms with E-state index in [0.29, 0.717) is 12.0 Å². The van der Waals surface area contributed by atoms with Crippen LogP contribution >= 0.6 is 0 Å². The molecule has 0 spiro atoms. The van der Waals surface area contributed by atoms with Gasteiger partial charge in [0.05, 0.1) is 19.8 Å². The van der Waals surface area contributed by atoms with Crippen LogP contribution in [0.4, 0.5) is 18.0 Å². The number of halogens is 3. The molecule has 7 nitrogen and oxygen atoms in total. The maximum Gasteiger partial charge on any atom is 0.433 e. The van der Waals surface area contributed by atoms with E-state index in [1.54, 1.807) is 6.92 Å². The molecule has 0 aliphatic carbocycles. The third-order valence-corrected chi connectivity index (χ3v) is 4.55. The smallest absolute Gasteiger partial charge is 0.433 e. The van der Waals surface area contributed by atoms with E-state index in [0.717, 1.165) is 12.3 Å². The highest BCUT2D eigenvalue weighted by Crippen LogP contribution is 2.36. The lowest BCUT2D eigenvalue weighted by molar-refractivity contribution is -0.147. The van der Waals surface area contributed by atoms with Gasteiger partial charge in [-0.05, 0) is 31.4 Å². The van der Waals surface area contributed by atoms with Crippen LogP contribution in [0.15, 0.2) is 18.3 Å². The molecule has 1 aromatic heterocycles. The molecular formula is C18H21F3N2O5. The second kappa shape index (κ2) is 9.03. The van der Waals surface area contributed by atoms with Crippen LogP contribution in [0, 0.1) is 5.92 Å². The number of rotatable bonds is 5. The molecule has 1 saturated heterocycles.